The number of para-hydroxylation sites is 1. The zero-order valence-corrected chi connectivity index (χ0v) is 12.5. The molecular weight excluding hydrogens is 288 g/mol. The second-order valence-electron chi connectivity index (χ2n) is 5.14. The number of phenolic OH excluding ortho intramolecular Hbond substituents is 1. The molecule has 23 heavy (non-hydrogen) atoms. The number of phenols is 1. The van der Waals surface area contributed by atoms with Crippen molar-refractivity contribution in [3.05, 3.63) is 95.6 Å². The van der Waals surface area contributed by atoms with E-state index in [1.165, 1.54) is 6.07 Å². The molecule has 0 unspecified atom stereocenters. The largest absolute Gasteiger partial charge is 0.507 e. The number of hydrogen-bond donors (Lipinski definition) is 1. The molecule has 0 aromatic heterocycles. The van der Waals surface area contributed by atoms with E-state index < -0.39 is 0 Å². The topological polar surface area (TPSA) is 46.5 Å². The van der Waals surface area contributed by atoms with Crippen LogP contribution in [0.5, 0.6) is 11.5 Å². The highest BCUT2D eigenvalue weighted by molar-refractivity contribution is 6.10. The van der Waals surface area contributed by atoms with Crippen LogP contribution in [0.15, 0.2) is 78.9 Å². The van der Waals surface area contributed by atoms with E-state index in [0.717, 1.165) is 5.56 Å². The normalized spacial score (nSPS) is 10.3. The molecule has 3 aromatic rings. The number of aromatic hydroxyl groups is 1. The molecule has 0 bridgehead atoms. The lowest BCUT2D eigenvalue weighted by Gasteiger charge is -2.08. The Bertz CT molecular complexity index is 793. The minimum atomic E-state index is -0.210. The monoisotopic (exact) mass is 304 g/mol. The third-order valence-electron chi connectivity index (χ3n) is 3.51. The maximum absolute atomic E-state index is 12.4. The SMILES string of the molecule is O=C(c1ccc(OCc2ccccc2)cc1)c1ccccc1O. The molecule has 0 saturated heterocycles. The van der Waals surface area contributed by atoms with Crippen molar-refractivity contribution in [3.8, 4) is 11.5 Å². The van der Waals surface area contributed by atoms with Crippen LogP contribution >= 0.6 is 0 Å². The second kappa shape index (κ2) is 6.79. The van der Waals surface area contributed by atoms with Crippen molar-refractivity contribution in [2.24, 2.45) is 0 Å². The highest BCUT2D eigenvalue weighted by atomic mass is 16.5. The third kappa shape index (κ3) is 3.58. The number of hydrogen-bond acceptors (Lipinski definition) is 3. The van der Waals surface area contributed by atoms with E-state index in [-0.39, 0.29) is 11.5 Å². The first kappa shape index (κ1) is 14.9. The molecule has 0 aliphatic heterocycles. The van der Waals surface area contributed by atoms with Crippen molar-refractivity contribution >= 4 is 5.78 Å². The maximum Gasteiger partial charge on any atom is 0.196 e. The zero-order valence-electron chi connectivity index (χ0n) is 12.5. The predicted molar refractivity (Wildman–Crippen MR) is 88.8 cm³/mol. The first-order valence-electron chi connectivity index (χ1n) is 7.33. The Morgan fingerprint density at radius 1 is 0.826 bits per heavy atom. The molecule has 0 fully saturated rings. The Morgan fingerprint density at radius 2 is 1.48 bits per heavy atom. The molecule has 0 amide bonds. The molecule has 3 nitrogen and oxygen atoms in total. The van der Waals surface area contributed by atoms with Crippen LogP contribution in [-0.4, -0.2) is 10.9 Å². The lowest BCUT2D eigenvalue weighted by molar-refractivity contribution is 0.103. The molecule has 3 heteroatoms. The van der Waals surface area contributed by atoms with Gasteiger partial charge in [0.25, 0.3) is 0 Å². The number of benzene rings is 3. The Balaban J connectivity index is 1.70. The van der Waals surface area contributed by atoms with Crippen molar-refractivity contribution in [1.29, 1.82) is 0 Å². The van der Waals surface area contributed by atoms with E-state index in [1.54, 1.807) is 42.5 Å². The summed E-state index contributed by atoms with van der Waals surface area (Å²) in [6.07, 6.45) is 0. The van der Waals surface area contributed by atoms with Crippen molar-refractivity contribution in [3.63, 3.8) is 0 Å². The van der Waals surface area contributed by atoms with Crippen LogP contribution in [-0.2, 0) is 6.61 Å². The molecule has 3 aromatic carbocycles. The van der Waals surface area contributed by atoms with Gasteiger partial charge in [-0.2, -0.15) is 0 Å². The third-order valence-corrected chi connectivity index (χ3v) is 3.51. The number of carbonyl (C=O) groups is 1. The fraction of sp³-hybridized carbons (Fsp3) is 0.0500. The summed E-state index contributed by atoms with van der Waals surface area (Å²) >= 11 is 0. The summed E-state index contributed by atoms with van der Waals surface area (Å²) in [5.74, 6) is 0.474. The van der Waals surface area contributed by atoms with Crippen LogP contribution in [0, 0.1) is 0 Å². The van der Waals surface area contributed by atoms with Crippen LogP contribution in [0.1, 0.15) is 21.5 Å². The van der Waals surface area contributed by atoms with Gasteiger partial charge < -0.3 is 9.84 Å². The lowest BCUT2D eigenvalue weighted by Crippen LogP contribution is -2.02. The molecule has 0 aliphatic rings. The van der Waals surface area contributed by atoms with Crippen molar-refractivity contribution in [1.82, 2.24) is 0 Å². The van der Waals surface area contributed by atoms with Gasteiger partial charge in [0.1, 0.15) is 18.1 Å². The molecule has 0 radical (unpaired) electrons. The second-order valence-corrected chi connectivity index (χ2v) is 5.14. The van der Waals surface area contributed by atoms with Gasteiger partial charge in [0.15, 0.2) is 5.78 Å². The van der Waals surface area contributed by atoms with Crippen molar-refractivity contribution in [2.75, 3.05) is 0 Å². The van der Waals surface area contributed by atoms with Crippen LogP contribution < -0.4 is 4.74 Å². The predicted octanol–water partition coefficient (Wildman–Crippen LogP) is 4.20. The quantitative estimate of drug-likeness (QED) is 0.718. The van der Waals surface area contributed by atoms with Crippen molar-refractivity contribution in [2.45, 2.75) is 6.61 Å². The maximum atomic E-state index is 12.4. The van der Waals surface area contributed by atoms with E-state index in [4.69, 9.17) is 4.74 Å². The summed E-state index contributed by atoms with van der Waals surface area (Å²) in [5.41, 5.74) is 1.89. The summed E-state index contributed by atoms with van der Waals surface area (Å²) in [6, 6.07) is 23.3. The summed E-state index contributed by atoms with van der Waals surface area (Å²) in [5, 5.41) is 9.76. The summed E-state index contributed by atoms with van der Waals surface area (Å²) in [7, 11) is 0. The molecule has 0 saturated carbocycles. The van der Waals surface area contributed by atoms with Crippen LogP contribution in [0.4, 0.5) is 0 Å². The highest BCUT2D eigenvalue weighted by Crippen LogP contribution is 2.21. The lowest BCUT2D eigenvalue weighted by atomic mass is 10.0. The van der Waals surface area contributed by atoms with Gasteiger partial charge in [0.05, 0.1) is 5.56 Å². The Labute approximate surface area is 134 Å². The smallest absolute Gasteiger partial charge is 0.196 e. The van der Waals surface area contributed by atoms with Gasteiger partial charge in [-0.25, -0.2) is 0 Å². The Kier molecular flexibility index (Phi) is 4.39. The number of ether oxygens (including phenoxy) is 1. The van der Waals surface area contributed by atoms with Crippen molar-refractivity contribution < 1.29 is 14.6 Å². The molecule has 114 valence electrons. The number of rotatable bonds is 5. The summed E-state index contributed by atoms with van der Waals surface area (Å²) in [6.45, 7) is 0.480. The molecule has 0 atom stereocenters. The highest BCUT2D eigenvalue weighted by Gasteiger charge is 2.12. The average molecular weight is 304 g/mol. The van der Waals surface area contributed by atoms with E-state index in [9.17, 15) is 9.90 Å². The minimum absolute atomic E-state index is 0.0121. The van der Waals surface area contributed by atoms with E-state index in [0.29, 0.717) is 23.5 Å². The Morgan fingerprint density at radius 3 is 2.17 bits per heavy atom. The standard InChI is InChI=1S/C20H16O3/c21-19-9-5-4-8-18(19)20(22)16-10-12-17(13-11-16)23-14-15-6-2-1-3-7-15/h1-13,21H,14H2. The molecule has 0 spiro atoms. The average Bonchev–Trinajstić information content (AvgIpc) is 2.61. The van der Waals surface area contributed by atoms with Gasteiger partial charge in [-0.3, -0.25) is 4.79 Å². The van der Waals surface area contributed by atoms with Gasteiger partial charge in [0.2, 0.25) is 0 Å². The summed E-state index contributed by atoms with van der Waals surface area (Å²) in [4.78, 5) is 12.4. The van der Waals surface area contributed by atoms with Gasteiger partial charge in [-0.1, -0.05) is 42.5 Å². The number of ketones is 1. The molecule has 3 rings (SSSR count). The minimum Gasteiger partial charge on any atom is -0.507 e. The van der Waals surface area contributed by atoms with E-state index in [1.807, 2.05) is 30.3 Å². The fourth-order valence-electron chi connectivity index (χ4n) is 2.26. The molecule has 1 N–H and O–H groups in total. The molecular formula is C20H16O3. The van der Waals surface area contributed by atoms with E-state index >= 15 is 0 Å². The Hall–Kier alpha value is -3.07. The zero-order chi connectivity index (χ0) is 16.1. The molecule has 0 aliphatic carbocycles. The number of carbonyl (C=O) groups excluding carboxylic acids is 1. The van der Waals surface area contributed by atoms with Gasteiger partial charge in [-0.15, -0.1) is 0 Å². The molecule has 0 heterocycles. The van der Waals surface area contributed by atoms with E-state index in [2.05, 4.69) is 0 Å². The van der Waals surface area contributed by atoms with Gasteiger partial charge in [-0.05, 0) is 42.0 Å². The van der Waals surface area contributed by atoms with Crippen LogP contribution in [0.25, 0.3) is 0 Å². The van der Waals surface area contributed by atoms with Gasteiger partial charge >= 0.3 is 0 Å². The fourth-order valence-corrected chi connectivity index (χ4v) is 2.26. The first-order chi connectivity index (χ1) is 11.2. The van der Waals surface area contributed by atoms with Crippen LogP contribution in [0.2, 0.25) is 0 Å². The first-order valence-corrected chi connectivity index (χ1v) is 7.33. The summed E-state index contributed by atoms with van der Waals surface area (Å²) < 4.78 is 5.70. The van der Waals surface area contributed by atoms with Crippen LogP contribution in [0.3, 0.4) is 0 Å². The van der Waals surface area contributed by atoms with Gasteiger partial charge in [0, 0.05) is 5.56 Å².